The monoisotopic (exact) mass is 310 g/mol. The van der Waals surface area contributed by atoms with E-state index in [4.69, 9.17) is 4.74 Å². The molecule has 0 aromatic heterocycles. The Kier molecular flexibility index (Phi) is 3.12. The van der Waals surface area contributed by atoms with Gasteiger partial charge in [-0.25, -0.2) is 18.1 Å². The molecule has 1 aromatic carbocycles. The van der Waals surface area contributed by atoms with Gasteiger partial charge in [-0.15, -0.1) is 0 Å². The Morgan fingerprint density at radius 2 is 1.86 bits per heavy atom. The molecule has 0 N–H and O–H groups in total. The second kappa shape index (κ2) is 4.73. The highest BCUT2D eigenvalue weighted by molar-refractivity contribution is 7.91. The third-order valence-electron chi connectivity index (χ3n) is 3.70. The van der Waals surface area contributed by atoms with E-state index < -0.39 is 27.8 Å². The molecule has 2 fully saturated rings. The van der Waals surface area contributed by atoms with Gasteiger partial charge in [0.05, 0.1) is 24.3 Å². The number of hydrogen-bond acceptors (Lipinski definition) is 5. The number of amides is 3. The van der Waals surface area contributed by atoms with Gasteiger partial charge >= 0.3 is 6.03 Å². The zero-order valence-corrected chi connectivity index (χ0v) is 12.2. The molecule has 112 valence electrons. The molecule has 2 saturated heterocycles. The van der Waals surface area contributed by atoms with Crippen LogP contribution in [0.25, 0.3) is 0 Å². The van der Waals surface area contributed by atoms with Crippen molar-refractivity contribution < 1.29 is 22.7 Å². The minimum absolute atomic E-state index is 0.0598. The molecule has 0 radical (unpaired) electrons. The Hall–Kier alpha value is -2.09. The molecule has 1 atom stereocenters. The number of anilines is 1. The molecule has 0 bridgehead atoms. The van der Waals surface area contributed by atoms with Gasteiger partial charge in [-0.2, -0.15) is 0 Å². The second-order valence-electron chi connectivity index (χ2n) is 4.98. The Balaban J connectivity index is 1.93. The van der Waals surface area contributed by atoms with Crippen molar-refractivity contribution in [2.24, 2.45) is 0 Å². The summed E-state index contributed by atoms with van der Waals surface area (Å²) in [4.78, 5) is 27.0. The van der Waals surface area contributed by atoms with Crippen LogP contribution >= 0.6 is 0 Å². The average Bonchev–Trinajstić information content (AvgIpc) is 2.69. The minimum Gasteiger partial charge on any atom is -0.497 e. The number of carbonyl (C=O) groups is 2. The zero-order chi connectivity index (χ0) is 15.2. The number of rotatable bonds is 2. The predicted octanol–water partition coefficient (Wildman–Crippen LogP) is 0.261. The fraction of sp³-hybridized carbons (Fsp3) is 0.385. The molecule has 3 rings (SSSR count). The molecular formula is C13H14N2O5S. The predicted molar refractivity (Wildman–Crippen MR) is 75.0 cm³/mol. The summed E-state index contributed by atoms with van der Waals surface area (Å²) in [7, 11) is -1.75. The average molecular weight is 310 g/mol. The normalized spacial score (nSPS) is 24.1. The number of carbonyl (C=O) groups excluding carboxylic acids is 2. The number of nitrogens with zero attached hydrogens (tertiary/aromatic N) is 2. The largest absolute Gasteiger partial charge is 0.497 e. The number of hydrogen-bond donors (Lipinski definition) is 0. The van der Waals surface area contributed by atoms with Gasteiger partial charge in [-0.05, 0) is 24.3 Å². The van der Waals surface area contributed by atoms with Gasteiger partial charge in [0.15, 0.2) is 9.84 Å². The molecule has 2 aliphatic rings. The molecule has 21 heavy (non-hydrogen) atoms. The van der Waals surface area contributed by atoms with Gasteiger partial charge in [0.1, 0.15) is 11.8 Å². The number of ether oxygens (including phenoxy) is 1. The number of benzene rings is 1. The van der Waals surface area contributed by atoms with Crippen molar-refractivity contribution in [2.45, 2.75) is 6.04 Å². The number of sulfone groups is 1. The molecule has 2 heterocycles. The fourth-order valence-electron chi connectivity index (χ4n) is 2.58. The first kappa shape index (κ1) is 13.9. The Morgan fingerprint density at radius 3 is 2.48 bits per heavy atom. The topological polar surface area (TPSA) is 84.0 Å². The first-order chi connectivity index (χ1) is 9.93. The van der Waals surface area contributed by atoms with Crippen LogP contribution in [0.2, 0.25) is 0 Å². The molecule has 1 aromatic rings. The van der Waals surface area contributed by atoms with Crippen molar-refractivity contribution in [3.63, 3.8) is 0 Å². The maximum atomic E-state index is 12.4. The summed E-state index contributed by atoms with van der Waals surface area (Å²) in [5.41, 5.74) is 0.414. The summed E-state index contributed by atoms with van der Waals surface area (Å²) in [6, 6.07) is 5.11. The van der Waals surface area contributed by atoms with Crippen LogP contribution < -0.4 is 9.64 Å². The van der Waals surface area contributed by atoms with Crippen LogP contribution in [-0.4, -0.2) is 56.5 Å². The van der Waals surface area contributed by atoms with E-state index in [1.807, 2.05) is 0 Å². The molecule has 2 aliphatic heterocycles. The van der Waals surface area contributed by atoms with Crippen molar-refractivity contribution >= 4 is 27.5 Å². The van der Waals surface area contributed by atoms with Crippen molar-refractivity contribution in [2.75, 3.05) is 30.1 Å². The highest BCUT2D eigenvalue weighted by atomic mass is 32.2. The van der Waals surface area contributed by atoms with Crippen LogP contribution in [0, 0.1) is 0 Å². The van der Waals surface area contributed by atoms with Crippen LogP contribution in [0.15, 0.2) is 24.3 Å². The molecule has 7 nitrogen and oxygen atoms in total. The van der Waals surface area contributed by atoms with Gasteiger partial charge in [0.25, 0.3) is 5.91 Å². The fourth-order valence-corrected chi connectivity index (χ4v) is 4.03. The van der Waals surface area contributed by atoms with Crippen LogP contribution in [0.5, 0.6) is 5.75 Å². The van der Waals surface area contributed by atoms with E-state index in [0.29, 0.717) is 11.4 Å². The quantitative estimate of drug-likeness (QED) is 0.732. The van der Waals surface area contributed by atoms with Gasteiger partial charge in [-0.1, -0.05) is 0 Å². The van der Waals surface area contributed by atoms with Crippen LogP contribution in [0.4, 0.5) is 10.5 Å². The Bertz CT molecular complexity index is 698. The van der Waals surface area contributed by atoms with Crippen molar-refractivity contribution in [3.8, 4) is 5.75 Å². The van der Waals surface area contributed by atoms with Crippen LogP contribution in [-0.2, 0) is 14.6 Å². The molecule has 3 amide bonds. The van der Waals surface area contributed by atoms with Gasteiger partial charge in [0.2, 0.25) is 0 Å². The second-order valence-corrected chi connectivity index (χ2v) is 7.21. The van der Waals surface area contributed by atoms with Crippen molar-refractivity contribution in [1.29, 1.82) is 0 Å². The summed E-state index contributed by atoms with van der Waals surface area (Å²) in [5.74, 6) is -0.282. The summed E-state index contributed by atoms with van der Waals surface area (Å²) < 4.78 is 28.3. The summed E-state index contributed by atoms with van der Waals surface area (Å²) in [5, 5.41) is 0. The molecular weight excluding hydrogens is 296 g/mol. The van der Waals surface area contributed by atoms with Crippen molar-refractivity contribution in [1.82, 2.24) is 4.90 Å². The van der Waals surface area contributed by atoms with E-state index in [2.05, 4.69) is 0 Å². The smallest absolute Gasteiger partial charge is 0.332 e. The van der Waals surface area contributed by atoms with Crippen LogP contribution in [0.1, 0.15) is 0 Å². The molecule has 0 saturated carbocycles. The third kappa shape index (κ3) is 2.25. The van der Waals surface area contributed by atoms with Crippen LogP contribution in [0.3, 0.4) is 0 Å². The van der Waals surface area contributed by atoms with Crippen molar-refractivity contribution in [3.05, 3.63) is 24.3 Å². The molecule has 0 aliphatic carbocycles. The number of urea groups is 1. The first-order valence-corrected chi connectivity index (χ1v) is 8.24. The Morgan fingerprint density at radius 1 is 1.19 bits per heavy atom. The van der Waals surface area contributed by atoms with E-state index in [1.54, 1.807) is 24.3 Å². The molecule has 0 spiro atoms. The SMILES string of the molecule is COc1ccc(N2C(=O)C3CS(=O)(=O)CCN3C2=O)cc1. The van der Waals surface area contributed by atoms with E-state index in [1.165, 1.54) is 12.0 Å². The summed E-state index contributed by atoms with van der Waals surface area (Å²) >= 11 is 0. The number of imide groups is 1. The lowest BCUT2D eigenvalue weighted by atomic mass is 10.2. The highest BCUT2D eigenvalue weighted by Gasteiger charge is 2.50. The van der Waals surface area contributed by atoms with E-state index in [-0.39, 0.29) is 18.1 Å². The summed E-state index contributed by atoms with van der Waals surface area (Å²) in [6.45, 7) is 0.0598. The van der Waals surface area contributed by atoms with E-state index in [0.717, 1.165) is 4.90 Å². The standard InChI is InChI=1S/C13H14N2O5S/c1-20-10-4-2-9(3-5-10)15-12(16)11-8-21(18,19)7-6-14(11)13(15)17/h2-5,11H,6-8H2,1H3. The van der Waals surface area contributed by atoms with E-state index >= 15 is 0 Å². The van der Waals surface area contributed by atoms with Gasteiger partial charge in [-0.3, -0.25) is 4.79 Å². The molecule has 1 unspecified atom stereocenters. The number of fused-ring (bicyclic) bond motifs is 1. The number of methoxy groups -OCH3 is 1. The minimum atomic E-state index is -3.27. The van der Waals surface area contributed by atoms with Gasteiger partial charge < -0.3 is 9.64 Å². The highest BCUT2D eigenvalue weighted by Crippen LogP contribution is 2.29. The maximum absolute atomic E-state index is 12.4. The maximum Gasteiger partial charge on any atom is 0.332 e. The third-order valence-corrected chi connectivity index (χ3v) is 5.33. The molecule has 8 heteroatoms. The zero-order valence-electron chi connectivity index (χ0n) is 11.4. The lowest BCUT2D eigenvalue weighted by Gasteiger charge is -2.26. The lowest BCUT2D eigenvalue weighted by Crippen LogP contribution is -2.48. The van der Waals surface area contributed by atoms with Gasteiger partial charge in [0, 0.05) is 6.54 Å². The Labute approximate surface area is 122 Å². The summed E-state index contributed by atoms with van der Waals surface area (Å²) in [6.07, 6.45) is 0. The van der Waals surface area contributed by atoms with E-state index in [9.17, 15) is 18.0 Å². The first-order valence-electron chi connectivity index (χ1n) is 6.42. The lowest BCUT2D eigenvalue weighted by molar-refractivity contribution is -0.119.